The van der Waals surface area contributed by atoms with Crippen LogP contribution in [0.15, 0.2) is 48.5 Å². The van der Waals surface area contributed by atoms with Crippen LogP contribution in [0.25, 0.3) is 0 Å². The van der Waals surface area contributed by atoms with Gasteiger partial charge in [0, 0.05) is 37.6 Å². The molecule has 150 valence electrons. The molecule has 1 fully saturated rings. The molecule has 1 heterocycles. The van der Waals surface area contributed by atoms with Crippen molar-refractivity contribution in [2.45, 2.75) is 6.36 Å². The number of nitrogens with one attached hydrogen (secondary N) is 1. The summed E-state index contributed by atoms with van der Waals surface area (Å²) in [6, 6.07) is 11.3. The molecule has 0 radical (unpaired) electrons. The summed E-state index contributed by atoms with van der Waals surface area (Å²) >= 11 is 0. The Balaban J connectivity index is 1.45. The first-order valence-electron chi connectivity index (χ1n) is 8.67. The van der Waals surface area contributed by atoms with E-state index in [-0.39, 0.29) is 24.0 Å². The molecule has 28 heavy (non-hydrogen) atoms. The van der Waals surface area contributed by atoms with E-state index in [0.717, 1.165) is 17.8 Å². The van der Waals surface area contributed by atoms with Crippen molar-refractivity contribution in [1.29, 1.82) is 0 Å². The summed E-state index contributed by atoms with van der Waals surface area (Å²) in [7, 11) is 0. The number of ether oxygens (including phenoxy) is 1. The molecule has 0 spiro atoms. The van der Waals surface area contributed by atoms with Crippen LogP contribution in [-0.4, -0.2) is 49.9 Å². The van der Waals surface area contributed by atoms with Gasteiger partial charge in [0.05, 0.1) is 6.54 Å². The van der Waals surface area contributed by atoms with Crippen molar-refractivity contribution in [2.24, 2.45) is 0 Å². The predicted octanol–water partition coefficient (Wildman–Crippen LogP) is 3.49. The minimum Gasteiger partial charge on any atom is -0.406 e. The monoisotopic (exact) mass is 397 g/mol. The predicted molar refractivity (Wildman–Crippen MR) is 96.8 cm³/mol. The summed E-state index contributed by atoms with van der Waals surface area (Å²) < 4.78 is 53.2. The molecule has 0 atom stereocenters. The lowest BCUT2D eigenvalue weighted by Crippen LogP contribution is -2.48. The maximum absolute atomic E-state index is 13.0. The Labute approximate surface area is 159 Å². The Morgan fingerprint density at radius 1 is 0.964 bits per heavy atom. The fourth-order valence-corrected chi connectivity index (χ4v) is 2.96. The van der Waals surface area contributed by atoms with Gasteiger partial charge in [-0.3, -0.25) is 9.69 Å². The molecule has 1 aliphatic rings. The van der Waals surface area contributed by atoms with Crippen LogP contribution < -0.4 is 15.0 Å². The molecule has 0 saturated carbocycles. The molecule has 0 aliphatic carbocycles. The average Bonchev–Trinajstić information content (AvgIpc) is 2.63. The smallest absolute Gasteiger partial charge is 0.406 e. The standard InChI is InChI=1S/C19H19F4N3O2/c20-14-1-5-16(6-2-14)26-11-9-25(10-12-26)13-18(27)24-15-3-7-17(8-4-15)28-19(21,22)23/h1-8H,9-13H2,(H,24,27). The van der Waals surface area contributed by atoms with E-state index in [1.165, 1.54) is 24.3 Å². The van der Waals surface area contributed by atoms with E-state index in [4.69, 9.17) is 0 Å². The van der Waals surface area contributed by atoms with Crippen LogP contribution in [-0.2, 0) is 4.79 Å². The second kappa shape index (κ2) is 8.47. The van der Waals surface area contributed by atoms with Gasteiger partial charge in [-0.2, -0.15) is 0 Å². The third kappa shape index (κ3) is 5.85. The molecule has 1 saturated heterocycles. The molecule has 0 unspecified atom stereocenters. The van der Waals surface area contributed by atoms with Gasteiger partial charge < -0.3 is 15.0 Å². The number of piperazine rings is 1. The number of alkyl halides is 3. The third-order valence-electron chi connectivity index (χ3n) is 4.30. The van der Waals surface area contributed by atoms with Crippen molar-refractivity contribution in [3.63, 3.8) is 0 Å². The van der Waals surface area contributed by atoms with E-state index in [2.05, 4.69) is 15.0 Å². The van der Waals surface area contributed by atoms with Crippen LogP contribution in [0.3, 0.4) is 0 Å². The highest BCUT2D eigenvalue weighted by Gasteiger charge is 2.31. The summed E-state index contributed by atoms with van der Waals surface area (Å²) in [4.78, 5) is 16.3. The summed E-state index contributed by atoms with van der Waals surface area (Å²) in [5.74, 6) is -0.876. The van der Waals surface area contributed by atoms with Crippen LogP contribution >= 0.6 is 0 Å². The topological polar surface area (TPSA) is 44.8 Å². The molecule has 2 aromatic carbocycles. The van der Waals surface area contributed by atoms with Gasteiger partial charge in [-0.25, -0.2) is 4.39 Å². The number of amides is 1. The number of halogens is 4. The van der Waals surface area contributed by atoms with Crippen LogP contribution in [0.5, 0.6) is 5.75 Å². The van der Waals surface area contributed by atoms with E-state index in [9.17, 15) is 22.4 Å². The number of hydrogen-bond acceptors (Lipinski definition) is 4. The van der Waals surface area contributed by atoms with Gasteiger partial charge in [0.1, 0.15) is 11.6 Å². The van der Waals surface area contributed by atoms with Crippen molar-refractivity contribution in [3.8, 4) is 5.75 Å². The number of anilines is 2. The van der Waals surface area contributed by atoms with Gasteiger partial charge in [0.25, 0.3) is 0 Å². The molecule has 0 aromatic heterocycles. The zero-order chi connectivity index (χ0) is 20.1. The number of benzene rings is 2. The summed E-state index contributed by atoms with van der Waals surface area (Å²) in [5.41, 5.74) is 1.33. The lowest BCUT2D eigenvalue weighted by Gasteiger charge is -2.35. The van der Waals surface area contributed by atoms with Crippen LogP contribution in [0.1, 0.15) is 0 Å². The van der Waals surface area contributed by atoms with Crippen molar-refractivity contribution in [3.05, 3.63) is 54.3 Å². The molecule has 2 aromatic rings. The lowest BCUT2D eigenvalue weighted by molar-refractivity contribution is -0.274. The maximum atomic E-state index is 13.0. The molecular weight excluding hydrogens is 378 g/mol. The number of nitrogens with zero attached hydrogens (tertiary/aromatic N) is 2. The second-order valence-corrected chi connectivity index (χ2v) is 6.36. The highest BCUT2D eigenvalue weighted by Crippen LogP contribution is 2.24. The Morgan fingerprint density at radius 3 is 2.14 bits per heavy atom. The van der Waals surface area contributed by atoms with E-state index in [0.29, 0.717) is 31.9 Å². The highest BCUT2D eigenvalue weighted by atomic mass is 19.4. The van der Waals surface area contributed by atoms with Crippen LogP contribution in [0.2, 0.25) is 0 Å². The van der Waals surface area contributed by atoms with Gasteiger partial charge in [0.15, 0.2) is 0 Å². The zero-order valence-corrected chi connectivity index (χ0v) is 14.9. The Kier molecular flexibility index (Phi) is 6.03. The number of carbonyl (C=O) groups is 1. The molecule has 0 bridgehead atoms. The molecule has 5 nitrogen and oxygen atoms in total. The van der Waals surface area contributed by atoms with E-state index < -0.39 is 6.36 Å². The van der Waals surface area contributed by atoms with Crippen LogP contribution in [0.4, 0.5) is 28.9 Å². The van der Waals surface area contributed by atoms with Crippen molar-refractivity contribution >= 4 is 17.3 Å². The lowest BCUT2D eigenvalue weighted by atomic mass is 10.2. The van der Waals surface area contributed by atoms with E-state index in [1.54, 1.807) is 12.1 Å². The Bertz CT molecular complexity index is 786. The van der Waals surface area contributed by atoms with E-state index >= 15 is 0 Å². The molecular formula is C19H19F4N3O2. The quantitative estimate of drug-likeness (QED) is 0.785. The molecule has 1 N–H and O–H groups in total. The minimum absolute atomic E-state index is 0.179. The van der Waals surface area contributed by atoms with Gasteiger partial charge in [-0.15, -0.1) is 13.2 Å². The zero-order valence-electron chi connectivity index (χ0n) is 14.9. The van der Waals surface area contributed by atoms with Crippen molar-refractivity contribution in [1.82, 2.24) is 4.90 Å². The summed E-state index contributed by atoms with van der Waals surface area (Å²) in [5, 5.41) is 2.66. The number of rotatable bonds is 5. The first-order valence-corrected chi connectivity index (χ1v) is 8.67. The van der Waals surface area contributed by atoms with E-state index in [1.807, 2.05) is 4.90 Å². The highest BCUT2D eigenvalue weighted by molar-refractivity contribution is 5.92. The van der Waals surface area contributed by atoms with Gasteiger partial charge in [0.2, 0.25) is 5.91 Å². The normalized spacial score (nSPS) is 15.4. The maximum Gasteiger partial charge on any atom is 0.573 e. The second-order valence-electron chi connectivity index (χ2n) is 6.36. The number of hydrogen-bond donors (Lipinski definition) is 1. The Hall–Kier alpha value is -2.81. The van der Waals surface area contributed by atoms with Crippen molar-refractivity contribution < 1.29 is 27.1 Å². The summed E-state index contributed by atoms with van der Waals surface area (Å²) in [6.45, 7) is 2.94. The molecule has 1 amide bonds. The first kappa shape index (κ1) is 19.9. The number of carbonyl (C=O) groups excluding carboxylic acids is 1. The van der Waals surface area contributed by atoms with Crippen molar-refractivity contribution in [2.75, 3.05) is 42.9 Å². The third-order valence-corrected chi connectivity index (χ3v) is 4.30. The largest absolute Gasteiger partial charge is 0.573 e. The molecule has 3 rings (SSSR count). The first-order chi connectivity index (χ1) is 13.3. The SMILES string of the molecule is O=C(CN1CCN(c2ccc(F)cc2)CC1)Nc1ccc(OC(F)(F)F)cc1. The molecule has 1 aliphatic heterocycles. The average molecular weight is 397 g/mol. The van der Waals surface area contributed by atoms with Crippen LogP contribution in [0, 0.1) is 5.82 Å². The minimum atomic E-state index is -4.75. The molecule has 9 heteroatoms. The fraction of sp³-hybridized carbons (Fsp3) is 0.316. The summed E-state index contributed by atoms with van der Waals surface area (Å²) in [6.07, 6.45) is -4.75. The fourth-order valence-electron chi connectivity index (χ4n) is 2.96. The van der Waals surface area contributed by atoms with Gasteiger partial charge >= 0.3 is 6.36 Å². The Morgan fingerprint density at radius 2 is 1.57 bits per heavy atom. The van der Waals surface area contributed by atoms with Gasteiger partial charge in [-0.05, 0) is 48.5 Å². The van der Waals surface area contributed by atoms with Gasteiger partial charge in [-0.1, -0.05) is 0 Å².